The number of nitriles is 1. The molecular formula is C12H15NO. The summed E-state index contributed by atoms with van der Waals surface area (Å²) in [6.07, 6.45) is 1.04. The molecule has 0 aromatic heterocycles. The van der Waals surface area contributed by atoms with Gasteiger partial charge in [-0.3, -0.25) is 0 Å². The zero-order valence-electron chi connectivity index (χ0n) is 8.66. The molecule has 1 unspecified atom stereocenters. The van der Waals surface area contributed by atoms with Gasteiger partial charge in [0, 0.05) is 0 Å². The van der Waals surface area contributed by atoms with E-state index in [0.717, 1.165) is 12.2 Å². The summed E-state index contributed by atoms with van der Waals surface area (Å²) < 4.78 is 5.44. The van der Waals surface area contributed by atoms with E-state index in [9.17, 15) is 0 Å². The summed E-state index contributed by atoms with van der Waals surface area (Å²) in [6.45, 7) is 4.43. The molecule has 1 atom stereocenters. The highest BCUT2D eigenvalue weighted by Crippen LogP contribution is 2.13. The van der Waals surface area contributed by atoms with Gasteiger partial charge in [0.25, 0.3) is 0 Å². The minimum Gasteiger partial charge on any atom is -0.492 e. The highest BCUT2D eigenvalue weighted by Gasteiger charge is 2.00. The molecule has 1 aromatic rings. The largest absolute Gasteiger partial charge is 0.492 e. The Bertz CT molecular complexity index is 310. The van der Waals surface area contributed by atoms with Gasteiger partial charge in [-0.2, -0.15) is 5.26 Å². The molecule has 0 saturated heterocycles. The van der Waals surface area contributed by atoms with Gasteiger partial charge in [0.1, 0.15) is 12.4 Å². The zero-order chi connectivity index (χ0) is 10.4. The molecule has 74 valence electrons. The Morgan fingerprint density at radius 3 is 2.50 bits per heavy atom. The van der Waals surface area contributed by atoms with E-state index in [1.807, 2.05) is 31.2 Å². The van der Waals surface area contributed by atoms with Crippen LogP contribution in [0.1, 0.15) is 19.4 Å². The molecule has 0 radical (unpaired) electrons. The van der Waals surface area contributed by atoms with Gasteiger partial charge in [-0.25, -0.2) is 0 Å². The molecule has 0 amide bonds. The second-order valence-corrected chi connectivity index (χ2v) is 3.34. The molecule has 2 nitrogen and oxygen atoms in total. The Hall–Kier alpha value is -1.49. The summed E-state index contributed by atoms with van der Waals surface area (Å²) in [4.78, 5) is 0. The van der Waals surface area contributed by atoms with E-state index in [1.54, 1.807) is 0 Å². The second-order valence-electron chi connectivity index (χ2n) is 3.34. The van der Waals surface area contributed by atoms with Crippen molar-refractivity contribution in [3.05, 3.63) is 29.8 Å². The van der Waals surface area contributed by atoms with Gasteiger partial charge >= 0.3 is 0 Å². The van der Waals surface area contributed by atoms with Crippen LogP contribution in [-0.2, 0) is 6.42 Å². The quantitative estimate of drug-likeness (QED) is 0.729. The summed E-state index contributed by atoms with van der Waals surface area (Å²) in [5.74, 6) is 0.783. The summed E-state index contributed by atoms with van der Waals surface area (Å²) in [6, 6.07) is 10.1. The number of hydrogen-bond donors (Lipinski definition) is 0. The van der Waals surface area contributed by atoms with Gasteiger partial charge in [0.05, 0.1) is 12.0 Å². The van der Waals surface area contributed by atoms with Crippen LogP contribution in [0.15, 0.2) is 24.3 Å². The van der Waals surface area contributed by atoms with Gasteiger partial charge in [0.15, 0.2) is 0 Å². The van der Waals surface area contributed by atoms with Crippen molar-refractivity contribution in [2.45, 2.75) is 20.3 Å². The maximum atomic E-state index is 8.56. The van der Waals surface area contributed by atoms with Crippen molar-refractivity contribution >= 4 is 0 Å². The molecular weight excluding hydrogens is 174 g/mol. The fourth-order valence-electron chi connectivity index (χ4n) is 1.08. The molecule has 14 heavy (non-hydrogen) atoms. The first-order valence-electron chi connectivity index (χ1n) is 4.87. The van der Waals surface area contributed by atoms with E-state index in [1.165, 1.54) is 5.56 Å². The summed E-state index contributed by atoms with van der Waals surface area (Å²) in [7, 11) is 0. The van der Waals surface area contributed by atoms with Gasteiger partial charge in [-0.05, 0) is 31.0 Å². The van der Waals surface area contributed by atoms with Gasteiger partial charge < -0.3 is 4.74 Å². The van der Waals surface area contributed by atoms with Crippen LogP contribution in [0.3, 0.4) is 0 Å². The molecule has 2 heteroatoms. The monoisotopic (exact) mass is 189 g/mol. The van der Waals surface area contributed by atoms with Crippen LogP contribution >= 0.6 is 0 Å². The van der Waals surface area contributed by atoms with Crippen molar-refractivity contribution < 1.29 is 4.74 Å². The average molecular weight is 189 g/mol. The van der Waals surface area contributed by atoms with Crippen molar-refractivity contribution in [1.29, 1.82) is 5.26 Å². The van der Waals surface area contributed by atoms with Crippen LogP contribution in [0.25, 0.3) is 0 Å². The highest BCUT2D eigenvalue weighted by atomic mass is 16.5. The number of aryl methyl sites for hydroxylation is 1. The molecule has 0 aliphatic rings. The fourth-order valence-corrected chi connectivity index (χ4v) is 1.08. The smallest absolute Gasteiger partial charge is 0.119 e. The zero-order valence-corrected chi connectivity index (χ0v) is 8.66. The number of hydrogen-bond acceptors (Lipinski definition) is 2. The van der Waals surface area contributed by atoms with Crippen molar-refractivity contribution in [3.8, 4) is 11.8 Å². The third-order valence-corrected chi connectivity index (χ3v) is 2.05. The third kappa shape index (κ3) is 3.10. The lowest BCUT2D eigenvalue weighted by Crippen LogP contribution is -2.05. The standard InChI is InChI=1S/C12H15NO/c1-3-11-4-6-12(7-5-11)14-9-10(2)8-13/h4-7,10H,3,9H2,1-2H3. The number of nitrogens with zero attached hydrogens (tertiary/aromatic N) is 1. The summed E-state index contributed by atoms with van der Waals surface area (Å²) in [5.41, 5.74) is 1.30. The van der Waals surface area contributed by atoms with Crippen molar-refractivity contribution in [1.82, 2.24) is 0 Å². The number of benzene rings is 1. The Labute approximate surface area is 85.1 Å². The summed E-state index contributed by atoms with van der Waals surface area (Å²) >= 11 is 0. The fraction of sp³-hybridized carbons (Fsp3) is 0.417. The maximum absolute atomic E-state index is 8.56. The molecule has 0 heterocycles. The molecule has 0 N–H and O–H groups in total. The molecule has 0 fully saturated rings. The predicted octanol–water partition coefficient (Wildman–Crippen LogP) is 2.79. The third-order valence-electron chi connectivity index (χ3n) is 2.05. The Morgan fingerprint density at radius 2 is 2.00 bits per heavy atom. The topological polar surface area (TPSA) is 33.0 Å². The molecule has 0 aliphatic heterocycles. The maximum Gasteiger partial charge on any atom is 0.119 e. The van der Waals surface area contributed by atoms with Gasteiger partial charge in [-0.1, -0.05) is 19.1 Å². The van der Waals surface area contributed by atoms with Crippen LogP contribution in [0.4, 0.5) is 0 Å². The molecule has 1 rings (SSSR count). The molecule has 0 saturated carbocycles. The Kier molecular flexibility index (Phi) is 4.00. The molecule has 0 spiro atoms. The average Bonchev–Trinajstić information content (AvgIpc) is 2.26. The van der Waals surface area contributed by atoms with E-state index < -0.39 is 0 Å². The normalized spacial score (nSPS) is 11.8. The first kappa shape index (κ1) is 10.6. The predicted molar refractivity (Wildman–Crippen MR) is 56.1 cm³/mol. The lowest BCUT2D eigenvalue weighted by atomic mass is 10.2. The van der Waals surface area contributed by atoms with Gasteiger partial charge in [-0.15, -0.1) is 0 Å². The first-order chi connectivity index (χ1) is 6.76. The highest BCUT2D eigenvalue weighted by molar-refractivity contribution is 5.27. The minimum absolute atomic E-state index is 0.0548. The number of rotatable bonds is 4. The van der Waals surface area contributed by atoms with E-state index in [0.29, 0.717) is 6.61 Å². The van der Waals surface area contributed by atoms with E-state index >= 15 is 0 Å². The summed E-state index contributed by atoms with van der Waals surface area (Å²) in [5, 5.41) is 8.56. The van der Waals surface area contributed by atoms with Crippen LogP contribution in [0, 0.1) is 17.2 Å². The van der Waals surface area contributed by atoms with Crippen LogP contribution < -0.4 is 4.74 Å². The molecule has 0 bridgehead atoms. The van der Waals surface area contributed by atoms with Crippen molar-refractivity contribution in [2.75, 3.05) is 6.61 Å². The van der Waals surface area contributed by atoms with Crippen molar-refractivity contribution in [3.63, 3.8) is 0 Å². The minimum atomic E-state index is -0.0548. The Morgan fingerprint density at radius 1 is 1.36 bits per heavy atom. The lowest BCUT2D eigenvalue weighted by Gasteiger charge is -2.07. The molecule has 0 aliphatic carbocycles. The molecule has 1 aromatic carbocycles. The lowest BCUT2D eigenvalue weighted by molar-refractivity contribution is 0.288. The Balaban J connectivity index is 2.48. The van der Waals surface area contributed by atoms with Gasteiger partial charge in [0.2, 0.25) is 0 Å². The van der Waals surface area contributed by atoms with Crippen molar-refractivity contribution in [2.24, 2.45) is 5.92 Å². The van der Waals surface area contributed by atoms with Crippen LogP contribution in [-0.4, -0.2) is 6.61 Å². The van der Waals surface area contributed by atoms with Crippen LogP contribution in [0.5, 0.6) is 5.75 Å². The van der Waals surface area contributed by atoms with E-state index in [2.05, 4.69) is 13.0 Å². The first-order valence-corrected chi connectivity index (χ1v) is 4.87. The second kappa shape index (κ2) is 5.29. The van der Waals surface area contributed by atoms with E-state index in [4.69, 9.17) is 10.00 Å². The van der Waals surface area contributed by atoms with Crippen LogP contribution in [0.2, 0.25) is 0 Å². The van der Waals surface area contributed by atoms with E-state index in [-0.39, 0.29) is 5.92 Å². The SMILES string of the molecule is CCc1ccc(OCC(C)C#N)cc1. The number of ether oxygens (including phenoxy) is 1.